The van der Waals surface area contributed by atoms with Crippen molar-refractivity contribution in [2.24, 2.45) is 5.92 Å². The van der Waals surface area contributed by atoms with E-state index in [1.54, 1.807) is 0 Å². The van der Waals surface area contributed by atoms with Gasteiger partial charge in [0.1, 0.15) is 0 Å². The molecule has 2 heteroatoms. The van der Waals surface area contributed by atoms with Gasteiger partial charge in [0.15, 0.2) is 0 Å². The zero-order chi connectivity index (χ0) is 18.9. The average molecular weight is 418 g/mol. The molecule has 0 fully saturated rings. The van der Waals surface area contributed by atoms with Gasteiger partial charge in [-0.25, -0.2) is 0 Å². The van der Waals surface area contributed by atoms with E-state index in [4.69, 9.17) is 0 Å². The fourth-order valence-electron chi connectivity index (χ4n) is 4.93. The predicted molar refractivity (Wildman–Crippen MR) is 117 cm³/mol. The van der Waals surface area contributed by atoms with Crippen molar-refractivity contribution in [2.45, 2.75) is 33.6 Å². The van der Waals surface area contributed by atoms with Crippen molar-refractivity contribution in [2.75, 3.05) is 7.05 Å². The van der Waals surface area contributed by atoms with E-state index in [0.29, 0.717) is 5.92 Å². The van der Waals surface area contributed by atoms with Gasteiger partial charge in [-0.05, 0) is 78.7 Å². The summed E-state index contributed by atoms with van der Waals surface area (Å²) in [6.45, 7) is 6.76. The van der Waals surface area contributed by atoms with Crippen molar-refractivity contribution in [3.8, 4) is 0 Å². The molecule has 0 saturated heterocycles. The normalized spacial score (nSPS) is 23.5. The van der Waals surface area contributed by atoms with Crippen LogP contribution in [0.3, 0.4) is 0 Å². The summed E-state index contributed by atoms with van der Waals surface area (Å²) in [5, 5.41) is 0. The Morgan fingerprint density at radius 3 is 2.59 bits per heavy atom. The zero-order valence-corrected chi connectivity index (χ0v) is 17.9. The molecule has 5 rings (SSSR count). The second kappa shape index (κ2) is 5.97. The van der Waals surface area contributed by atoms with E-state index in [0.717, 1.165) is 12.8 Å². The number of hydrogen-bond acceptors (Lipinski definition) is 1. The maximum atomic E-state index is 3.97. The Bertz CT molecular complexity index is 1070. The molecule has 27 heavy (non-hydrogen) atoms. The number of rotatable bonds is 2. The number of nitrogens with zero attached hydrogens (tertiary/aromatic N) is 1. The molecule has 0 N–H and O–H groups in total. The van der Waals surface area contributed by atoms with Gasteiger partial charge in [-0.3, -0.25) is 0 Å². The van der Waals surface area contributed by atoms with Crippen molar-refractivity contribution in [3.63, 3.8) is 0 Å². The van der Waals surface area contributed by atoms with E-state index >= 15 is 0 Å². The minimum absolute atomic E-state index is 0.382. The van der Waals surface area contributed by atoms with Crippen LogP contribution in [0.5, 0.6) is 0 Å². The fourth-order valence-corrected chi connectivity index (χ4v) is 5.84. The van der Waals surface area contributed by atoms with E-state index in [2.05, 4.69) is 91.1 Å². The average Bonchev–Trinajstić information content (AvgIpc) is 3.27. The van der Waals surface area contributed by atoms with Crippen molar-refractivity contribution in [3.05, 3.63) is 96.9 Å². The van der Waals surface area contributed by atoms with Crippen LogP contribution in [0.4, 0.5) is 0 Å². The first kappa shape index (κ1) is 17.1. The smallest absolute Gasteiger partial charge is 0.0541 e. The standard InChI is InChI=1S/C25H24BrN/c1-14-9-22-21(13-23-24(25(22)26)15(2)16(3)27(23)4)20(14)12-17-10-18-7-5-6-8-19(18)11-17/h5-10,13,24H,11-12H2,1-4H3. The van der Waals surface area contributed by atoms with E-state index in [9.17, 15) is 0 Å². The Balaban J connectivity index is 1.56. The summed E-state index contributed by atoms with van der Waals surface area (Å²) >= 11 is 3.97. The SMILES string of the molecule is CC1=CC2=C(Br)C3C(=CC2=C1CC1=Cc2ccccc2C1)N(C)C(C)=C3C. The molecule has 3 aliphatic carbocycles. The Morgan fingerprint density at radius 2 is 1.81 bits per heavy atom. The van der Waals surface area contributed by atoms with Gasteiger partial charge in [0.2, 0.25) is 0 Å². The molecule has 1 unspecified atom stereocenters. The van der Waals surface area contributed by atoms with Gasteiger partial charge < -0.3 is 4.90 Å². The highest BCUT2D eigenvalue weighted by Gasteiger charge is 2.38. The van der Waals surface area contributed by atoms with Gasteiger partial charge in [-0.2, -0.15) is 0 Å². The summed E-state index contributed by atoms with van der Waals surface area (Å²) in [6.07, 6.45) is 9.34. The van der Waals surface area contributed by atoms with E-state index in [1.807, 2.05) is 0 Å². The molecule has 136 valence electrons. The highest BCUT2D eigenvalue weighted by atomic mass is 79.9. The van der Waals surface area contributed by atoms with Crippen LogP contribution >= 0.6 is 15.9 Å². The second-order valence-electron chi connectivity index (χ2n) is 8.17. The molecule has 1 atom stereocenters. The number of benzene rings is 1. The molecule has 1 heterocycles. The van der Waals surface area contributed by atoms with Crippen LogP contribution in [0, 0.1) is 5.92 Å². The summed E-state index contributed by atoms with van der Waals surface area (Å²) < 4.78 is 1.33. The van der Waals surface area contributed by atoms with E-state index < -0.39 is 0 Å². The summed E-state index contributed by atoms with van der Waals surface area (Å²) in [5.74, 6) is 0.382. The van der Waals surface area contributed by atoms with Gasteiger partial charge in [0, 0.05) is 22.9 Å². The molecule has 0 radical (unpaired) electrons. The number of allylic oxidation sites excluding steroid dienone is 9. The first-order chi connectivity index (χ1) is 13.0. The van der Waals surface area contributed by atoms with Gasteiger partial charge in [-0.1, -0.05) is 57.9 Å². The van der Waals surface area contributed by atoms with Crippen molar-refractivity contribution >= 4 is 22.0 Å². The summed E-state index contributed by atoms with van der Waals surface area (Å²) in [4.78, 5) is 2.36. The van der Waals surface area contributed by atoms with Crippen LogP contribution in [-0.4, -0.2) is 11.9 Å². The Labute approximate surface area is 170 Å². The maximum Gasteiger partial charge on any atom is 0.0541 e. The maximum absolute atomic E-state index is 3.97. The molecule has 0 spiro atoms. The van der Waals surface area contributed by atoms with Crippen molar-refractivity contribution in [1.29, 1.82) is 0 Å². The first-order valence-electron chi connectivity index (χ1n) is 9.67. The summed E-state index contributed by atoms with van der Waals surface area (Å²) in [6, 6.07) is 8.78. The molecular formula is C25H24BrN. The molecule has 0 saturated carbocycles. The first-order valence-corrected chi connectivity index (χ1v) is 10.5. The Hall–Kier alpha value is -2.06. The molecule has 0 amide bonds. The third kappa shape index (κ3) is 2.42. The fraction of sp³-hybridized carbons (Fsp3) is 0.280. The van der Waals surface area contributed by atoms with Gasteiger partial charge >= 0.3 is 0 Å². The minimum atomic E-state index is 0.382. The lowest BCUT2D eigenvalue weighted by molar-refractivity contribution is 0.521. The van der Waals surface area contributed by atoms with Crippen LogP contribution in [0.25, 0.3) is 6.08 Å². The van der Waals surface area contributed by atoms with Crippen LogP contribution < -0.4 is 0 Å². The molecule has 4 aliphatic rings. The lowest BCUT2D eigenvalue weighted by Crippen LogP contribution is -2.17. The number of halogens is 1. The van der Waals surface area contributed by atoms with E-state index in [-0.39, 0.29) is 0 Å². The number of fused-ring (bicyclic) bond motifs is 3. The van der Waals surface area contributed by atoms with Gasteiger partial charge in [-0.15, -0.1) is 0 Å². The Kier molecular flexibility index (Phi) is 3.77. The van der Waals surface area contributed by atoms with E-state index in [1.165, 1.54) is 60.4 Å². The van der Waals surface area contributed by atoms with Crippen molar-refractivity contribution in [1.82, 2.24) is 4.90 Å². The largest absolute Gasteiger partial charge is 0.351 e. The molecule has 1 aromatic carbocycles. The molecule has 0 bridgehead atoms. The highest BCUT2D eigenvalue weighted by molar-refractivity contribution is 9.11. The summed E-state index contributed by atoms with van der Waals surface area (Å²) in [7, 11) is 2.20. The van der Waals surface area contributed by atoms with Gasteiger partial charge in [0.05, 0.1) is 5.92 Å². The van der Waals surface area contributed by atoms with Crippen LogP contribution in [0.2, 0.25) is 0 Å². The molecular weight excluding hydrogens is 394 g/mol. The summed E-state index contributed by atoms with van der Waals surface area (Å²) in [5.41, 5.74) is 14.3. The third-order valence-electron chi connectivity index (χ3n) is 6.68. The minimum Gasteiger partial charge on any atom is -0.351 e. The van der Waals surface area contributed by atoms with Crippen LogP contribution in [0.15, 0.2) is 85.7 Å². The monoisotopic (exact) mass is 417 g/mol. The molecule has 1 aliphatic heterocycles. The zero-order valence-electron chi connectivity index (χ0n) is 16.4. The van der Waals surface area contributed by atoms with Crippen LogP contribution in [0.1, 0.15) is 38.3 Å². The molecule has 1 aromatic rings. The van der Waals surface area contributed by atoms with Gasteiger partial charge in [0.25, 0.3) is 0 Å². The predicted octanol–water partition coefficient (Wildman–Crippen LogP) is 6.67. The lowest BCUT2D eigenvalue weighted by atomic mass is 9.87. The quantitative estimate of drug-likeness (QED) is 0.518. The third-order valence-corrected chi connectivity index (χ3v) is 7.57. The molecule has 0 aromatic heterocycles. The van der Waals surface area contributed by atoms with Crippen molar-refractivity contribution < 1.29 is 0 Å². The lowest BCUT2D eigenvalue weighted by Gasteiger charge is -2.26. The Morgan fingerprint density at radius 1 is 1.04 bits per heavy atom. The number of hydrogen-bond donors (Lipinski definition) is 0. The highest BCUT2D eigenvalue weighted by Crippen LogP contribution is 2.51. The topological polar surface area (TPSA) is 3.24 Å². The van der Waals surface area contributed by atoms with Crippen LogP contribution in [-0.2, 0) is 6.42 Å². The molecule has 1 nitrogen and oxygen atoms in total. The second-order valence-corrected chi connectivity index (χ2v) is 9.02.